The highest BCUT2D eigenvalue weighted by molar-refractivity contribution is 6.04. The van der Waals surface area contributed by atoms with Gasteiger partial charge in [0.2, 0.25) is 0 Å². The molecule has 0 bridgehead atoms. The zero-order valence-electron chi connectivity index (χ0n) is 12.2. The molecule has 2 aromatic carbocycles. The summed E-state index contributed by atoms with van der Waals surface area (Å²) in [4.78, 5) is 4.82. The van der Waals surface area contributed by atoms with Crippen molar-refractivity contribution in [2.24, 2.45) is 4.99 Å². The van der Waals surface area contributed by atoms with Gasteiger partial charge in [0.15, 0.2) is 0 Å². The standard InChI is InChI=1S/C18H21N/c1-5-17(19-16-9-7-6-8-10-16)18-14(3)11-13(2)12-15(18)4/h6-12H,5H2,1-4H3/b19-17-. The van der Waals surface area contributed by atoms with Gasteiger partial charge in [-0.15, -0.1) is 0 Å². The highest BCUT2D eigenvalue weighted by Gasteiger charge is 2.09. The number of hydrogen-bond donors (Lipinski definition) is 0. The van der Waals surface area contributed by atoms with Gasteiger partial charge in [0, 0.05) is 11.3 Å². The van der Waals surface area contributed by atoms with E-state index < -0.39 is 0 Å². The second-order valence-electron chi connectivity index (χ2n) is 5.02. The van der Waals surface area contributed by atoms with Crippen LogP contribution in [-0.2, 0) is 0 Å². The normalized spacial score (nSPS) is 11.7. The zero-order valence-corrected chi connectivity index (χ0v) is 12.2. The van der Waals surface area contributed by atoms with Gasteiger partial charge in [-0.2, -0.15) is 0 Å². The molecule has 1 heteroatoms. The van der Waals surface area contributed by atoms with Gasteiger partial charge < -0.3 is 0 Å². The zero-order chi connectivity index (χ0) is 13.8. The first-order valence-electron chi connectivity index (χ1n) is 6.82. The molecule has 98 valence electrons. The Kier molecular flexibility index (Phi) is 4.16. The summed E-state index contributed by atoms with van der Waals surface area (Å²) in [5, 5.41) is 0. The van der Waals surface area contributed by atoms with Crippen molar-refractivity contribution in [3.8, 4) is 0 Å². The van der Waals surface area contributed by atoms with Gasteiger partial charge in [-0.25, -0.2) is 0 Å². The third-order valence-corrected chi connectivity index (χ3v) is 3.32. The van der Waals surface area contributed by atoms with E-state index in [4.69, 9.17) is 4.99 Å². The van der Waals surface area contributed by atoms with Crippen molar-refractivity contribution in [2.45, 2.75) is 34.1 Å². The van der Waals surface area contributed by atoms with E-state index >= 15 is 0 Å². The minimum Gasteiger partial charge on any atom is -0.253 e. The second kappa shape index (κ2) is 5.83. The van der Waals surface area contributed by atoms with Crippen LogP contribution in [0.15, 0.2) is 47.5 Å². The molecule has 0 heterocycles. The van der Waals surface area contributed by atoms with E-state index in [-0.39, 0.29) is 0 Å². The topological polar surface area (TPSA) is 12.4 Å². The number of para-hydroxylation sites is 1. The number of benzene rings is 2. The summed E-state index contributed by atoms with van der Waals surface area (Å²) in [6, 6.07) is 14.6. The highest BCUT2D eigenvalue weighted by atomic mass is 14.7. The fourth-order valence-corrected chi connectivity index (χ4v) is 2.61. The molecular formula is C18H21N. The molecule has 2 rings (SSSR count). The van der Waals surface area contributed by atoms with E-state index in [0.29, 0.717) is 0 Å². The van der Waals surface area contributed by atoms with Crippen LogP contribution in [-0.4, -0.2) is 5.71 Å². The number of aryl methyl sites for hydroxylation is 3. The Morgan fingerprint density at radius 1 is 0.947 bits per heavy atom. The average molecular weight is 251 g/mol. The van der Waals surface area contributed by atoms with Crippen LogP contribution in [0.4, 0.5) is 5.69 Å². The van der Waals surface area contributed by atoms with Gasteiger partial charge in [-0.1, -0.05) is 42.8 Å². The summed E-state index contributed by atoms with van der Waals surface area (Å²) in [6.07, 6.45) is 0.944. The molecule has 0 fully saturated rings. The second-order valence-corrected chi connectivity index (χ2v) is 5.02. The van der Waals surface area contributed by atoms with Crippen molar-refractivity contribution in [3.63, 3.8) is 0 Å². The molecular weight excluding hydrogens is 230 g/mol. The molecule has 0 radical (unpaired) electrons. The molecule has 0 saturated carbocycles. The van der Waals surface area contributed by atoms with Crippen LogP contribution >= 0.6 is 0 Å². The fourth-order valence-electron chi connectivity index (χ4n) is 2.61. The van der Waals surface area contributed by atoms with E-state index in [2.05, 4.69) is 52.0 Å². The maximum Gasteiger partial charge on any atom is 0.0633 e. The first kappa shape index (κ1) is 13.5. The summed E-state index contributed by atoms with van der Waals surface area (Å²) < 4.78 is 0. The first-order chi connectivity index (χ1) is 9.11. The Hall–Kier alpha value is -1.89. The van der Waals surface area contributed by atoms with Crippen molar-refractivity contribution < 1.29 is 0 Å². The summed E-state index contributed by atoms with van der Waals surface area (Å²) in [5.74, 6) is 0. The van der Waals surface area contributed by atoms with Gasteiger partial charge >= 0.3 is 0 Å². The largest absolute Gasteiger partial charge is 0.253 e. The molecule has 0 aliphatic carbocycles. The molecule has 0 atom stereocenters. The molecule has 0 spiro atoms. The van der Waals surface area contributed by atoms with Crippen molar-refractivity contribution in [1.29, 1.82) is 0 Å². The van der Waals surface area contributed by atoms with Gasteiger partial charge in [0.25, 0.3) is 0 Å². The number of rotatable bonds is 3. The molecule has 0 saturated heterocycles. The van der Waals surface area contributed by atoms with E-state index in [1.54, 1.807) is 0 Å². The Bertz CT molecular complexity index is 571. The molecule has 1 nitrogen and oxygen atoms in total. The van der Waals surface area contributed by atoms with E-state index in [1.807, 2.05) is 18.2 Å². The Morgan fingerprint density at radius 2 is 1.53 bits per heavy atom. The summed E-state index contributed by atoms with van der Waals surface area (Å²) in [6.45, 7) is 8.65. The maximum atomic E-state index is 4.82. The number of hydrogen-bond acceptors (Lipinski definition) is 1. The van der Waals surface area contributed by atoms with E-state index in [0.717, 1.165) is 12.1 Å². The van der Waals surface area contributed by atoms with Crippen LogP contribution in [0.25, 0.3) is 0 Å². The average Bonchev–Trinajstić information content (AvgIpc) is 2.37. The Morgan fingerprint density at radius 3 is 2.05 bits per heavy atom. The fraction of sp³-hybridized carbons (Fsp3) is 0.278. The smallest absolute Gasteiger partial charge is 0.0633 e. The van der Waals surface area contributed by atoms with Crippen molar-refractivity contribution >= 4 is 11.4 Å². The predicted octanol–water partition coefficient (Wildman–Crippen LogP) is 5.14. The molecule has 0 amide bonds. The molecule has 2 aromatic rings. The van der Waals surface area contributed by atoms with Gasteiger partial charge in [0.05, 0.1) is 5.69 Å². The van der Waals surface area contributed by atoms with E-state index in [1.165, 1.54) is 28.0 Å². The molecule has 0 aromatic heterocycles. The van der Waals surface area contributed by atoms with E-state index in [9.17, 15) is 0 Å². The third-order valence-electron chi connectivity index (χ3n) is 3.32. The van der Waals surface area contributed by atoms with Gasteiger partial charge in [-0.3, -0.25) is 4.99 Å². The maximum absolute atomic E-state index is 4.82. The van der Waals surface area contributed by atoms with Crippen LogP contribution in [0, 0.1) is 20.8 Å². The summed E-state index contributed by atoms with van der Waals surface area (Å²) in [7, 11) is 0. The van der Waals surface area contributed by atoms with Crippen molar-refractivity contribution in [1.82, 2.24) is 0 Å². The minimum absolute atomic E-state index is 0.944. The lowest BCUT2D eigenvalue weighted by Crippen LogP contribution is -2.05. The highest BCUT2D eigenvalue weighted by Crippen LogP contribution is 2.21. The molecule has 0 N–H and O–H groups in total. The molecule has 0 aliphatic heterocycles. The molecule has 0 unspecified atom stereocenters. The molecule has 19 heavy (non-hydrogen) atoms. The summed E-state index contributed by atoms with van der Waals surface area (Å²) >= 11 is 0. The van der Waals surface area contributed by atoms with Crippen molar-refractivity contribution in [2.75, 3.05) is 0 Å². The quantitative estimate of drug-likeness (QED) is 0.669. The number of aliphatic imine (C=N–C) groups is 1. The third kappa shape index (κ3) is 3.11. The Balaban J connectivity index is 2.52. The molecule has 0 aliphatic rings. The monoisotopic (exact) mass is 251 g/mol. The van der Waals surface area contributed by atoms with Crippen LogP contribution in [0.1, 0.15) is 35.6 Å². The lowest BCUT2D eigenvalue weighted by Gasteiger charge is -2.13. The summed E-state index contributed by atoms with van der Waals surface area (Å²) in [5.41, 5.74) is 7.44. The SMILES string of the molecule is CC/C(=N/c1ccccc1)c1c(C)cc(C)cc1C. The van der Waals surface area contributed by atoms with Crippen LogP contribution < -0.4 is 0 Å². The van der Waals surface area contributed by atoms with Gasteiger partial charge in [0.1, 0.15) is 0 Å². The number of nitrogens with zero attached hydrogens (tertiary/aromatic N) is 1. The van der Waals surface area contributed by atoms with Crippen molar-refractivity contribution in [3.05, 3.63) is 64.7 Å². The van der Waals surface area contributed by atoms with Crippen LogP contribution in [0.5, 0.6) is 0 Å². The predicted molar refractivity (Wildman–Crippen MR) is 83.6 cm³/mol. The lowest BCUT2D eigenvalue weighted by molar-refractivity contribution is 1.22. The first-order valence-corrected chi connectivity index (χ1v) is 6.82. The lowest BCUT2D eigenvalue weighted by atomic mass is 9.95. The Labute approximate surface area is 116 Å². The minimum atomic E-state index is 0.944. The van der Waals surface area contributed by atoms with Crippen LogP contribution in [0.3, 0.4) is 0 Å². The van der Waals surface area contributed by atoms with Gasteiger partial charge in [-0.05, 0) is 50.5 Å². The van der Waals surface area contributed by atoms with Crippen LogP contribution in [0.2, 0.25) is 0 Å².